The number of carbonyl (C=O) groups excluding carboxylic acids is 2. The van der Waals surface area contributed by atoms with Crippen molar-refractivity contribution in [2.24, 2.45) is 0 Å². The van der Waals surface area contributed by atoms with Crippen LogP contribution < -0.4 is 16.6 Å². The Balaban J connectivity index is 1.51. The summed E-state index contributed by atoms with van der Waals surface area (Å²) in [6, 6.07) is 7.02. The predicted molar refractivity (Wildman–Crippen MR) is 93.6 cm³/mol. The number of benzene rings is 1. The van der Waals surface area contributed by atoms with Gasteiger partial charge in [0.05, 0.1) is 5.75 Å². The van der Waals surface area contributed by atoms with E-state index in [1.54, 1.807) is 12.1 Å². The Morgan fingerprint density at radius 3 is 2.68 bits per heavy atom. The van der Waals surface area contributed by atoms with Crippen LogP contribution in [0, 0.1) is 6.92 Å². The number of imidazole rings is 1. The van der Waals surface area contributed by atoms with Crippen LogP contribution in [0.3, 0.4) is 0 Å². The minimum Gasteiger partial charge on any atom is -0.382 e. The van der Waals surface area contributed by atoms with Crippen molar-refractivity contribution in [2.75, 3.05) is 11.5 Å². The van der Waals surface area contributed by atoms with Crippen molar-refractivity contribution in [3.8, 4) is 0 Å². The van der Waals surface area contributed by atoms with E-state index in [0.717, 1.165) is 17.3 Å². The van der Waals surface area contributed by atoms with Gasteiger partial charge in [0.2, 0.25) is 5.91 Å². The van der Waals surface area contributed by atoms with Gasteiger partial charge in [-0.25, -0.2) is 15.0 Å². The zero-order chi connectivity index (χ0) is 17.8. The number of hydrogen-bond acceptors (Lipinski definition) is 7. The lowest BCUT2D eigenvalue weighted by Crippen LogP contribution is -2.42. The zero-order valence-electron chi connectivity index (χ0n) is 13.2. The van der Waals surface area contributed by atoms with Gasteiger partial charge in [-0.05, 0) is 19.1 Å². The first-order valence-electron chi connectivity index (χ1n) is 7.28. The summed E-state index contributed by atoms with van der Waals surface area (Å²) in [5, 5.41) is 0.488. The summed E-state index contributed by atoms with van der Waals surface area (Å²) in [4.78, 5) is 38.8. The van der Waals surface area contributed by atoms with Gasteiger partial charge >= 0.3 is 0 Å². The van der Waals surface area contributed by atoms with E-state index in [9.17, 15) is 9.59 Å². The van der Waals surface area contributed by atoms with E-state index >= 15 is 0 Å². The quantitative estimate of drug-likeness (QED) is 0.400. The lowest BCUT2D eigenvalue weighted by atomic mass is 10.1. The number of nitrogens with zero attached hydrogens (tertiary/aromatic N) is 3. The Labute approximate surface area is 146 Å². The number of aromatic amines is 1. The van der Waals surface area contributed by atoms with Gasteiger partial charge in [-0.2, -0.15) is 0 Å². The van der Waals surface area contributed by atoms with Crippen LogP contribution in [0.4, 0.5) is 5.82 Å². The highest BCUT2D eigenvalue weighted by atomic mass is 32.2. The van der Waals surface area contributed by atoms with Crippen molar-refractivity contribution in [3.63, 3.8) is 0 Å². The number of nitrogens with two attached hydrogens (primary N) is 1. The average Bonchev–Trinajstić information content (AvgIpc) is 3.03. The number of amides is 2. The average molecular weight is 357 g/mol. The Morgan fingerprint density at radius 1 is 1.20 bits per heavy atom. The van der Waals surface area contributed by atoms with E-state index in [1.807, 2.05) is 19.1 Å². The number of carbonyl (C=O) groups is 2. The molecule has 0 spiro atoms. The van der Waals surface area contributed by atoms with Crippen molar-refractivity contribution in [2.45, 2.75) is 12.1 Å². The second kappa shape index (κ2) is 7.18. The van der Waals surface area contributed by atoms with Gasteiger partial charge in [0.25, 0.3) is 5.91 Å². The van der Waals surface area contributed by atoms with E-state index < -0.39 is 0 Å². The fraction of sp³-hybridized carbons (Fsp3) is 0.133. The molecular formula is C15H15N7O2S. The standard InChI is InChI=1S/C15H15N7O2S/c1-8-2-4-9(5-3-8)14(24)22-21-10(23)6-25-15-19-11-12(16)17-7-18-13(11)20-15/h2-5,7H,6H2,1H3,(H,21,23)(H,22,24)(H3,16,17,18,19,20). The molecule has 1 aromatic carbocycles. The molecule has 25 heavy (non-hydrogen) atoms. The first-order valence-corrected chi connectivity index (χ1v) is 8.26. The molecule has 128 valence electrons. The summed E-state index contributed by atoms with van der Waals surface area (Å²) in [5.74, 6) is -0.407. The molecule has 0 unspecified atom stereocenters. The molecule has 10 heteroatoms. The molecule has 0 saturated heterocycles. The molecule has 0 aliphatic carbocycles. The first-order chi connectivity index (χ1) is 12.0. The van der Waals surface area contributed by atoms with Crippen molar-refractivity contribution >= 4 is 40.6 Å². The molecule has 2 heterocycles. The third kappa shape index (κ3) is 4.04. The van der Waals surface area contributed by atoms with Gasteiger partial charge in [0, 0.05) is 5.56 Å². The molecule has 3 rings (SSSR count). The van der Waals surface area contributed by atoms with Crippen molar-refractivity contribution in [1.82, 2.24) is 30.8 Å². The SMILES string of the molecule is Cc1ccc(C(=O)NNC(=O)CSc2nc3ncnc(N)c3[nH]2)cc1. The summed E-state index contributed by atoms with van der Waals surface area (Å²) in [5.41, 5.74) is 12.9. The second-order valence-electron chi connectivity index (χ2n) is 5.16. The van der Waals surface area contributed by atoms with Crippen LogP contribution in [0.2, 0.25) is 0 Å². The fourth-order valence-electron chi connectivity index (χ4n) is 1.97. The van der Waals surface area contributed by atoms with Crippen LogP contribution in [0.5, 0.6) is 0 Å². The van der Waals surface area contributed by atoms with E-state index in [-0.39, 0.29) is 17.6 Å². The molecule has 0 fully saturated rings. The van der Waals surface area contributed by atoms with Crippen LogP contribution in [0.1, 0.15) is 15.9 Å². The molecule has 0 radical (unpaired) electrons. The molecule has 2 aromatic heterocycles. The summed E-state index contributed by atoms with van der Waals surface area (Å²) in [6.07, 6.45) is 1.32. The lowest BCUT2D eigenvalue weighted by molar-refractivity contribution is -0.119. The van der Waals surface area contributed by atoms with Gasteiger partial charge in [0.1, 0.15) is 11.8 Å². The topological polar surface area (TPSA) is 139 Å². The predicted octanol–water partition coefficient (Wildman–Crippen LogP) is 0.797. The maximum atomic E-state index is 11.9. The molecule has 5 N–H and O–H groups in total. The van der Waals surface area contributed by atoms with Gasteiger partial charge in [-0.3, -0.25) is 20.4 Å². The fourth-order valence-corrected chi connectivity index (χ4v) is 2.63. The molecule has 0 aliphatic rings. The zero-order valence-corrected chi connectivity index (χ0v) is 14.1. The number of aromatic nitrogens is 4. The number of H-pyrrole nitrogens is 1. The number of fused-ring (bicyclic) bond motifs is 1. The maximum Gasteiger partial charge on any atom is 0.269 e. The minimum atomic E-state index is -0.384. The molecule has 0 atom stereocenters. The molecule has 2 amide bonds. The maximum absolute atomic E-state index is 11.9. The summed E-state index contributed by atoms with van der Waals surface area (Å²) < 4.78 is 0. The second-order valence-corrected chi connectivity index (χ2v) is 6.12. The van der Waals surface area contributed by atoms with Crippen molar-refractivity contribution in [1.29, 1.82) is 0 Å². The van der Waals surface area contributed by atoms with Gasteiger partial charge in [-0.15, -0.1) is 0 Å². The number of aryl methyl sites for hydroxylation is 1. The van der Waals surface area contributed by atoms with Crippen LogP contribution in [0.15, 0.2) is 35.7 Å². The largest absolute Gasteiger partial charge is 0.382 e. The van der Waals surface area contributed by atoms with Gasteiger partial charge in [-0.1, -0.05) is 29.5 Å². The number of hydrazine groups is 1. The highest BCUT2D eigenvalue weighted by molar-refractivity contribution is 7.99. The number of rotatable bonds is 4. The molecule has 0 bridgehead atoms. The van der Waals surface area contributed by atoms with Crippen molar-refractivity contribution < 1.29 is 9.59 Å². The molecule has 9 nitrogen and oxygen atoms in total. The summed E-state index contributed by atoms with van der Waals surface area (Å²) >= 11 is 1.16. The van der Waals surface area contributed by atoms with E-state index in [0.29, 0.717) is 27.7 Å². The number of thioether (sulfide) groups is 1. The molecule has 0 saturated carbocycles. The molecular weight excluding hydrogens is 342 g/mol. The highest BCUT2D eigenvalue weighted by Gasteiger charge is 2.11. The van der Waals surface area contributed by atoms with Crippen LogP contribution >= 0.6 is 11.8 Å². The Hall–Kier alpha value is -3.14. The minimum absolute atomic E-state index is 0.0569. The van der Waals surface area contributed by atoms with Crippen molar-refractivity contribution in [3.05, 3.63) is 41.7 Å². The molecule has 0 aliphatic heterocycles. The lowest BCUT2D eigenvalue weighted by Gasteiger charge is -2.06. The normalized spacial score (nSPS) is 10.6. The third-order valence-electron chi connectivity index (χ3n) is 3.27. The Bertz CT molecular complexity index is 923. The number of nitrogens with one attached hydrogen (secondary N) is 3. The third-order valence-corrected chi connectivity index (χ3v) is 4.14. The summed E-state index contributed by atoms with van der Waals surface area (Å²) in [7, 11) is 0. The monoisotopic (exact) mass is 357 g/mol. The van der Waals surface area contributed by atoms with E-state index in [2.05, 4.69) is 30.8 Å². The molecule has 3 aromatic rings. The van der Waals surface area contributed by atoms with E-state index in [1.165, 1.54) is 6.33 Å². The van der Waals surface area contributed by atoms with Gasteiger partial charge < -0.3 is 10.7 Å². The summed E-state index contributed by atoms with van der Waals surface area (Å²) in [6.45, 7) is 1.93. The number of nitrogen functional groups attached to an aromatic ring is 1. The van der Waals surface area contributed by atoms with Gasteiger partial charge in [0.15, 0.2) is 16.6 Å². The smallest absolute Gasteiger partial charge is 0.269 e. The Morgan fingerprint density at radius 2 is 1.96 bits per heavy atom. The van der Waals surface area contributed by atoms with Crippen LogP contribution in [-0.2, 0) is 4.79 Å². The highest BCUT2D eigenvalue weighted by Crippen LogP contribution is 2.20. The Kier molecular flexibility index (Phi) is 4.80. The van der Waals surface area contributed by atoms with Crippen LogP contribution in [-0.4, -0.2) is 37.5 Å². The van der Waals surface area contributed by atoms with Crippen LogP contribution in [0.25, 0.3) is 11.2 Å². The number of anilines is 1. The first kappa shape index (κ1) is 16.7. The number of hydrogen-bond donors (Lipinski definition) is 4. The van der Waals surface area contributed by atoms with E-state index in [4.69, 9.17) is 5.73 Å².